The molecule has 0 saturated heterocycles. The number of allylic oxidation sites excluding steroid dienone is 3. The Morgan fingerprint density at radius 3 is 2.79 bits per heavy atom. The average Bonchev–Trinajstić information content (AvgIpc) is 2.76. The van der Waals surface area contributed by atoms with Gasteiger partial charge in [0.2, 0.25) is 0 Å². The van der Waals surface area contributed by atoms with E-state index in [0.717, 1.165) is 41.5 Å². The second kappa shape index (κ2) is 4.43. The predicted molar refractivity (Wildman–Crippen MR) is 73.8 cm³/mol. The van der Waals surface area contributed by atoms with Crippen LogP contribution in [0.25, 0.3) is 0 Å². The highest BCUT2D eigenvalue weighted by atomic mass is 16.3. The van der Waals surface area contributed by atoms with Crippen molar-refractivity contribution in [2.24, 2.45) is 0 Å². The highest BCUT2D eigenvalue weighted by Gasteiger charge is 2.23. The van der Waals surface area contributed by atoms with Crippen molar-refractivity contribution in [1.29, 1.82) is 0 Å². The number of aliphatic hydroxyl groups is 2. The molecule has 0 heterocycles. The number of fused-ring (bicyclic) bond motifs is 1. The first-order valence-electron chi connectivity index (χ1n) is 6.78. The van der Waals surface area contributed by atoms with E-state index in [1.807, 2.05) is 13.8 Å². The largest absolute Gasteiger partial charge is 0.508 e. The van der Waals surface area contributed by atoms with E-state index in [1.54, 1.807) is 0 Å². The molecule has 98 valence electrons. The smallest absolute Gasteiger partial charge is 0.117 e. The predicted octanol–water partition coefficient (Wildman–Crippen LogP) is 3.53. The minimum absolute atomic E-state index is 0.259. The summed E-state index contributed by atoms with van der Waals surface area (Å²) >= 11 is 0. The summed E-state index contributed by atoms with van der Waals surface area (Å²) in [6.45, 7) is 3.91. The lowest BCUT2D eigenvalue weighted by atomic mass is 9.85. The fraction of sp³-hybridized carbons (Fsp3) is 0.412. The summed E-state index contributed by atoms with van der Waals surface area (Å²) in [6.07, 6.45) is 4.27. The second-order valence-electron chi connectivity index (χ2n) is 5.63. The quantitative estimate of drug-likeness (QED) is 0.804. The molecule has 19 heavy (non-hydrogen) atoms. The molecule has 0 saturated carbocycles. The van der Waals surface area contributed by atoms with Crippen LogP contribution >= 0.6 is 0 Å². The van der Waals surface area contributed by atoms with E-state index < -0.39 is 0 Å². The molecule has 2 heteroatoms. The molecule has 0 aliphatic heterocycles. The lowest BCUT2D eigenvalue weighted by Crippen LogP contribution is -2.06. The summed E-state index contributed by atoms with van der Waals surface area (Å²) < 4.78 is 0. The fourth-order valence-electron chi connectivity index (χ4n) is 3.06. The maximum absolute atomic E-state index is 9.86. The number of hydrogen-bond acceptors (Lipinski definition) is 2. The van der Waals surface area contributed by atoms with Crippen molar-refractivity contribution in [2.75, 3.05) is 0 Å². The van der Waals surface area contributed by atoms with E-state index >= 15 is 0 Å². The third-order valence-electron chi connectivity index (χ3n) is 4.19. The van der Waals surface area contributed by atoms with Crippen molar-refractivity contribution in [3.05, 3.63) is 57.9 Å². The number of aryl methyl sites for hydroxylation is 1. The summed E-state index contributed by atoms with van der Waals surface area (Å²) in [5.41, 5.74) is 5.18. The van der Waals surface area contributed by atoms with Crippen LogP contribution in [0.3, 0.4) is 0 Å². The van der Waals surface area contributed by atoms with Gasteiger partial charge in [-0.3, -0.25) is 0 Å². The van der Waals surface area contributed by atoms with Gasteiger partial charge in [-0.15, -0.1) is 0 Å². The van der Waals surface area contributed by atoms with Crippen molar-refractivity contribution in [3.63, 3.8) is 0 Å². The van der Waals surface area contributed by atoms with Gasteiger partial charge in [0.15, 0.2) is 0 Å². The fourth-order valence-corrected chi connectivity index (χ4v) is 3.06. The minimum atomic E-state index is -0.366. The lowest BCUT2D eigenvalue weighted by molar-refractivity contribution is 0.180. The lowest BCUT2D eigenvalue weighted by Gasteiger charge is -2.20. The standard InChI is InChI=1S/C17H18O2/c1-10-7-14(8-11(2)17(10)19)12-3-5-15-13(9-12)4-6-16(15)18/h7,9,14,16,18-19H,4,6,8H2,1-2H3. The number of rotatable bonds is 1. The van der Waals surface area contributed by atoms with Crippen LogP contribution in [-0.4, -0.2) is 10.2 Å². The van der Waals surface area contributed by atoms with Crippen LogP contribution in [0, 0.1) is 12.1 Å². The molecule has 3 rings (SSSR count). The molecule has 2 aliphatic carbocycles. The normalized spacial score (nSPS) is 25.9. The maximum Gasteiger partial charge on any atom is 0.117 e. The van der Waals surface area contributed by atoms with Crippen molar-refractivity contribution in [2.45, 2.75) is 45.1 Å². The molecule has 0 aromatic heterocycles. The highest BCUT2D eigenvalue weighted by Crippen LogP contribution is 2.36. The Balaban J connectivity index is 1.93. The third kappa shape index (κ3) is 2.05. The molecular weight excluding hydrogens is 236 g/mol. The Bertz CT molecular complexity index is 581. The van der Waals surface area contributed by atoms with Crippen molar-refractivity contribution in [1.82, 2.24) is 0 Å². The van der Waals surface area contributed by atoms with Gasteiger partial charge in [-0.2, -0.15) is 0 Å². The zero-order valence-electron chi connectivity index (χ0n) is 11.3. The van der Waals surface area contributed by atoms with Crippen molar-refractivity contribution in [3.8, 4) is 0 Å². The SMILES string of the molecule is CC1=CC(c2c#cc3c(c2)CCC3O)CC(C)=C1O. The molecule has 2 aliphatic rings. The molecule has 0 bridgehead atoms. The molecule has 1 aromatic carbocycles. The van der Waals surface area contributed by atoms with E-state index in [0.29, 0.717) is 5.76 Å². The van der Waals surface area contributed by atoms with Gasteiger partial charge in [-0.25, -0.2) is 0 Å². The Hall–Kier alpha value is -1.72. The van der Waals surface area contributed by atoms with Crippen LogP contribution in [0.15, 0.2) is 29.0 Å². The van der Waals surface area contributed by atoms with Crippen LogP contribution in [0.2, 0.25) is 0 Å². The van der Waals surface area contributed by atoms with Crippen molar-refractivity contribution >= 4 is 0 Å². The molecule has 0 fully saturated rings. The molecule has 0 radical (unpaired) electrons. The van der Waals surface area contributed by atoms with Gasteiger partial charge in [-0.05, 0) is 55.9 Å². The van der Waals surface area contributed by atoms with Gasteiger partial charge < -0.3 is 10.2 Å². The van der Waals surface area contributed by atoms with Crippen LogP contribution in [-0.2, 0) is 6.42 Å². The van der Waals surface area contributed by atoms with Crippen molar-refractivity contribution < 1.29 is 10.2 Å². The summed E-state index contributed by atoms with van der Waals surface area (Å²) in [7, 11) is 0. The second-order valence-corrected chi connectivity index (χ2v) is 5.63. The molecule has 0 spiro atoms. The zero-order valence-corrected chi connectivity index (χ0v) is 11.3. The maximum atomic E-state index is 9.86. The number of aliphatic hydroxyl groups excluding tert-OH is 2. The molecule has 2 N–H and O–H groups in total. The van der Waals surface area contributed by atoms with Crippen LogP contribution in [0.1, 0.15) is 55.4 Å². The topological polar surface area (TPSA) is 40.5 Å². The van der Waals surface area contributed by atoms with Gasteiger partial charge in [0.25, 0.3) is 0 Å². The van der Waals surface area contributed by atoms with Gasteiger partial charge in [-0.1, -0.05) is 18.2 Å². The summed E-state index contributed by atoms with van der Waals surface area (Å²) in [5.74, 6) is 0.687. The summed E-state index contributed by atoms with van der Waals surface area (Å²) in [4.78, 5) is 0. The molecule has 2 nitrogen and oxygen atoms in total. The molecular formula is C17H18O2. The zero-order chi connectivity index (χ0) is 13.6. The molecule has 2 unspecified atom stereocenters. The van der Waals surface area contributed by atoms with Gasteiger partial charge in [0.1, 0.15) is 5.76 Å². The first kappa shape index (κ1) is 12.3. The minimum Gasteiger partial charge on any atom is -0.508 e. The average molecular weight is 254 g/mol. The monoisotopic (exact) mass is 254 g/mol. The van der Waals surface area contributed by atoms with E-state index in [4.69, 9.17) is 0 Å². The van der Waals surface area contributed by atoms with E-state index in [-0.39, 0.29) is 12.0 Å². The molecule has 1 aromatic rings. The Labute approximate surface area is 114 Å². The first-order valence-corrected chi connectivity index (χ1v) is 6.78. The van der Waals surface area contributed by atoms with E-state index in [1.165, 1.54) is 5.56 Å². The van der Waals surface area contributed by atoms with Crippen LogP contribution < -0.4 is 0 Å². The molecule has 0 amide bonds. The van der Waals surface area contributed by atoms with Gasteiger partial charge in [0.05, 0.1) is 6.10 Å². The van der Waals surface area contributed by atoms with Gasteiger partial charge in [0, 0.05) is 17.0 Å². The van der Waals surface area contributed by atoms with Crippen LogP contribution in [0.4, 0.5) is 0 Å². The molecule has 2 atom stereocenters. The Morgan fingerprint density at radius 1 is 1.26 bits per heavy atom. The summed E-state index contributed by atoms with van der Waals surface area (Å²) in [5, 5.41) is 19.7. The van der Waals surface area contributed by atoms with E-state index in [2.05, 4.69) is 24.3 Å². The summed E-state index contributed by atoms with van der Waals surface area (Å²) in [6, 6.07) is 8.46. The number of hydrogen-bond donors (Lipinski definition) is 2. The Morgan fingerprint density at radius 2 is 2.05 bits per heavy atom. The van der Waals surface area contributed by atoms with Gasteiger partial charge >= 0.3 is 0 Å². The Kier molecular flexibility index (Phi) is 2.88. The highest BCUT2D eigenvalue weighted by molar-refractivity contribution is 5.40. The third-order valence-corrected chi connectivity index (χ3v) is 4.19. The van der Waals surface area contributed by atoms with Crippen LogP contribution in [0.5, 0.6) is 0 Å². The first-order chi connectivity index (χ1) is 9.06. The van der Waals surface area contributed by atoms with E-state index in [9.17, 15) is 10.2 Å².